The van der Waals surface area contributed by atoms with Crippen molar-refractivity contribution in [3.8, 4) is 0 Å². The Morgan fingerprint density at radius 3 is 2.85 bits per heavy atom. The predicted octanol–water partition coefficient (Wildman–Crippen LogP) is 0.736. The molecule has 0 saturated heterocycles. The Kier molecular flexibility index (Phi) is 9.01. The molecule has 0 aromatic carbocycles. The number of ether oxygens (including phenoxy) is 1. The molecule has 11 heteroatoms. The number of ketones is 1. The van der Waals surface area contributed by atoms with Gasteiger partial charge in [-0.2, -0.15) is 0 Å². The van der Waals surface area contributed by atoms with E-state index in [1.54, 1.807) is 19.1 Å². The van der Waals surface area contributed by atoms with Crippen molar-refractivity contribution in [2.45, 2.75) is 44.1 Å². The fourth-order valence-electron chi connectivity index (χ4n) is 3.07. The van der Waals surface area contributed by atoms with Crippen LogP contribution in [0.5, 0.6) is 0 Å². The summed E-state index contributed by atoms with van der Waals surface area (Å²) in [7, 11) is 0. The minimum Gasteiger partial charge on any atom is -0.461 e. The lowest BCUT2D eigenvalue weighted by Crippen LogP contribution is -2.44. The Labute approximate surface area is 195 Å². The van der Waals surface area contributed by atoms with Crippen molar-refractivity contribution in [1.29, 1.82) is 0 Å². The van der Waals surface area contributed by atoms with Crippen LogP contribution >= 0.6 is 11.8 Å². The highest BCUT2D eigenvalue weighted by atomic mass is 32.2. The lowest BCUT2D eigenvalue weighted by atomic mass is 10.1. The summed E-state index contributed by atoms with van der Waals surface area (Å²) in [5.74, 6) is -2.35. The van der Waals surface area contributed by atoms with Crippen molar-refractivity contribution in [3.63, 3.8) is 0 Å². The van der Waals surface area contributed by atoms with Crippen LogP contribution in [0.2, 0.25) is 0 Å². The van der Waals surface area contributed by atoms with Gasteiger partial charge in [0.25, 0.3) is 11.8 Å². The number of thioether (sulfide) groups is 1. The number of nitrogens with zero attached hydrogens (tertiary/aromatic N) is 1. The van der Waals surface area contributed by atoms with E-state index in [0.29, 0.717) is 19.5 Å². The van der Waals surface area contributed by atoms with E-state index >= 15 is 0 Å². The summed E-state index contributed by atoms with van der Waals surface area (Å²) >= 11 is 1.43. The molecule has 1 amide bonds. The van der Waals surface area contributed by atoms with Crippen LogP contribution in [-0.2, 0) is 9.53 Å². The zero-order chi connectivity index (χ0) is 23.8. The molecule has 0 spiro atoms. The van der Waals surface area contributed by atoms with Crippen LogP contribution in [0.25, 0.3) is 0 Å². The number of rotatable bonds is 0. The molecule has 3 rings (SSSR count). The fourth-order valence-corrected chi connectivity index (χ4v) is 4.08. The van der Waals surface area contributed by atoms with Crippen LogP contribution < -0.4 is 10.6 Å². The molecular formula is C22H27N3O7S. The maximum Gasteiger partial charge on any atom is 0.329 e. The van der Waals surface area contributed by atoms with Gasteiger partial charge >= 0.3 is 5.97 Å². The average molecular weight is 478 g/mol. The molecule has 1 aromatic rings. The molecule has 33 heavy (non-hydrogen) atoms. The smallest absolute Gasteiger partial charge is 0.329 e. The van der Waals surface area contributed by atoms with E-state index in [9.17, 15) is 24.6 Å². The highest BCUT2D eigenvalue weighted by Gasteiger charge is 2.29. The predicted molar refractivity (Wildman–Crippen MR) is 121 cm³/mol. The molecule has 1 aromatic heterocycles. The van der Waals surface area contributed by atoms with Crippen molar-refractivity contribution >= 4 is 29.4 Å². The van der Waals surface area contributed by atoms with Gasteiger partial charge in [-0.1, -0.05) is 30.4 Å². The van der Waals surface area contributed by atoms with Crippen molar-refractivity contribution in [3.05, 3.63) is 53.1 Å². The molecule has 0 unspecified atom stereocenters. The molecule has 0 saturated carbocycles. The second-order valence-electron chi connectivity index (χ2n) is 7.66. The number of aliphatic hydroxyl groups is 2. The Bertz CT molecular complexity index is 956. The quantitative estimate of drug-likeness (QED) is 0.394. The first-order chi connectivity index (χ1) is 15.8. The molecule has 3 heterocycles. The van der Waals surface area contributed by atoms with E-state index in [4.69, 9.17) is 9.15 Å². The van der Waals surface area contributed by atoms with Crippen molar-refractivity contribution in [1.82, 2.24) is 15.6 Å². The Morgan fingerprint density at radius 2 is 2.03 bits per heavy atom. The number of carbonyl (C=O) groups is 3. The minimum absolute atomic E-state index is 0.214. The van der Waals surface area contributed by atoms with Crippen molar-refractivity contribution < 1.29 is 33.8 Å². The normalized spacial score (nSPS) is 31.7. The summed E-state index contributed by atoms with van der Waals surface area (Å²) in [6, 6.07) is -0.932. The summed E-state index contributed by atoms with van der Waals surface area (Å²) in [4.78, 5) is 42.4. The summed E-state index contributed by atoms with van der Waals surface area (Å²) in [5, 5.41) is 26.0. The number of allylic oxidation sites excluding steroid dienone is 2. The third-order valence-corrected chi connectivity index (χ3v) is 6.06. The summed E-state index contributed by atoms with van der Waals surface area (Å²) < 4.78 is 10.5. The lowest BCUT2D eigenvalue weighted by molar-refractivity contribution is -0.149. The highest BCUT2D eigenvalue weighted by molar-refractivity contribution is 8.03. The number of amides is 1. The van der Waals surface area contributed by atoms with E-state index in [1.807, 2.05) is 12.2 Å². The molecule has 4 atom stereocenters. The van der Waals surface area contributed by atoms with Crippen LogP contribution in [-0.4, -0.2) is 76.1 Å². The van der Waals surface area contributed by atoms with Gasteiger partial charge in [0.2, 0.25) is 5.78 Å². The van der Waals surface area contributed by atoms with Crippen LogP contribution in [0.3, 0.4) is 0 Å². The van der Waals surface area contributed by atoms with Gasteiger partial charge in [0.05, 0.1) is 6.10 Å². The zero-order valence-corrected chi connectivity index (χ0v) is 18.9. The van der Waals surface area contributed by atoms with Gasteiger partial charge < -0.3 is 30.0 Å². The van der Waals surface area contributed by atoms with Gasteiger partial charge in [-0.15, -0.1) is 11.8 Å². The SMILES string of the molecule is C[C@@H]1C/C=C2/CNC/C=C\C=C/[C@@H](O)C[C@H](O)C(=O)c3nc(co3)C(=O)N[C@H](CS2)C(=O)O1. The van der Waals surface area contributed by atoms with Crippen molar-refractivity contribution in [2.75, 3.05) is 18.8 Å². The summed E-state index contributed by atoms with van der Waals surface area (Å²) in [6.45, 7) is 2.92. The zero-order valence-electron chi connectivity index (χ0n) is 18.1. The number of hydrogen-bond donors (Lipinski definition) is 4. The van der Waals surface area contributed by atoms with E-state index in [0.717, 1.165) is 11.2 Å². The maximum absolute atomic E-state index is 12.6. The molecule has 4 bridgehead atoms. The maximum atomic E-state index is 12.6. The first-order valence-electron chi connectivity index (χ1n) is 10.6. The summed E-state index contributed by atoms with van der Waals surface area (Å²) in [5.41, 5.74) is -0.214. The molecule has 178 valence electrons. The van der Waals surface area contributed by atoms with Gasteiger partial charge in [0.15, 0.2) is 5.69 Å². The number of esters is 1. The fraction of sp³-hybridized carbons (Fsp3) is 0.455. The van der Waals surface area contributed by atoms with E-state index in [1.165, 1.54) is 17.8 Å². The third-order valence-electron chi connectivity index (χ3n) is 4.88. The Morgan fingerprint density at radius 1 is 1.21 bits per heavy atom. The second-order valence-corrected chi connectivity index (χ2v) is 8.80. The molecule has 10 nitrogen and oxygen atoms in total. The number of fused-ring (bicyclic) bond motifs is 5. The van der Waals surface area contributed by atoms with Gasteiger partial charge in [-0.3, -0.25) is 9.59 Å². The van der Waals surface area contributed by atoms with E-state index in [2.05, 4.69) is 15.6 Å². The first-order valence-corrected chi connectivity index (χ1v) is 11.5. The first kappa shape index (κ1) is 24.9. The number of cyclic esters (lactones) is 1. The molecule has 0 fully saturated rings. The van der Waals surface area contributed by atoms with Gasteiger partial charge in [-0.25, -0.2) is 9.78 Å². The minimum atomic E-state index is -1.57. The number of carbonyl (C=O) groups excluding carboxylic acids is 3. The topological polar surface area (TPSA) is 151 Å². The van der Waals surface area contributed by atoms with E-state index < -0.39 is 41.8 Å². The standard InChI is InChI=1S/C22H27N3O7S/c1-13-6-7-15-10-23-8-4-2-3-5-14(26)9-18(27)19(28)21-25-16(11-31-21)20(29)24-17(12-33-15)22(30)32-13/h2-5,7,11,13-14,17-18,23,26-27H,6,8-10,12H2,1H3,(H,24,29)/b4-2-,5-3-,15-7-/t13-,14-,17-,18+/m1/s1. The molecule has 0 aliphatic carbocycles. The van der Waals surface area contributed by atoms with Crippen LogP contribution in [0, 0.1) is 0 Å². The molecule has 2 aliphatic rings. The van der Waals surface area contributed by atoms with Gasteiger partial charge in [-0.05, 0) is 11.8 Å². The number of hydrogen-bond acceptors (Lipinski definition) is 10. The number of oxazole rings is 1. The van der Waals surface area contributed by atoms with Crippen LogP contribution in [0.15, 0.2) is 46.0 Å². The monoisotopic (exact) mass is 477 g/mol. The van der Waals surface area contributed by atoms with Crippen LogP contribution in [0.4, 0.5) is 0 Å². The number of aliphatic hydroxyl groups excluding tert-OH is 2. The molecular weight excluding hydrogens is 450 g/mol. The molecule has 0 radical (unpaired) electrons. The summed E-state index contributed by atoms with van der Waals surface area (Å²) in [6.07, 6.45) is 6.96. The second kappa shape index (κ2) is 11.9. The lowest BCUT2D eigenvalue weighted by Gasteiger charge is -2.18. The van der Waals surface area contributed by atoms with E-state index in [-0.39, 0.29) is 24.0 Å². The van der Waals surface area contributed by atoms with Crippen molar-refractivity contribution in [2.24, 2.45) is 0 Å². The number of aromatic nitrogens is 1. The van der Waals surface area contributed by atoms with Gasteiger partial charge in [0, 0.05) is 31.7 Å². The molecule has 4 N–H and O–H groups in total. The number of nitrogens with one attached hydrogen (secondary N) is 2. The Balaban J connectivity index is 1.84. The number of Topliss-reactive ketones (excluding diaryl/α,β-unsaturated/α-hetero) is 1. The average Bonchev–Trinajstić information content (AvgIpc) is 3.28. The molecule has 2 aliphatic heterocycles. The third kappa shape index (κ3) is 7.39. The highest BCUT2D eigenvalue weighted by Crippen LogP contribution is 2.21. The largest absolute Gasteiger partial charge is 0.461 e. The Hall–Kier alpha value is -2.73. The van der Waals surface area contributed by atoms with Crippen LogP contribution in [0.1, 0.15) is 40.9 Å². The van der Waals surface area contributed by atoms with Gasteiger partial charge in [0.1, 0.15) is 24.5 Å².